The van der Waals surface area contributed by atoms with Crippen molar-refractivity contribution in [3.63, 3.8) is 0 Å². The number of amides is 2. The van der Waals surface area contributed by atoms with Crippen LogP contribution in [0.5, 0.6) is 11.5 Å². The zero-order chi connectivity index (χ0) is 19.7. The molecule has 0 fully saturated rings. The Labute approximate surface area is 151 Å². The SMILES string of the molecule is COc1cc(CNC(=O)CCNC(=O)OC(C)(C)C)ccc1OC(F)F. The first-order chi connectivity index (χ1) is 12.1. The van der Waals surface area contributed by atoms with E-state index in [2.05, 4.69) is 15.4 Å². The Bertz CT molecular complexity index is 618. The normalized spacial score (nSPS) is 11.0. The van der Waals surface area contributed by atoms with Crippen molar-refractivity contribution in [3.8, 4) is 11.5 Å². The third-order valence-corrected chi connectivity index (χ3v) is 2.95. The molecular weight excluding hydrogens is 350 g/mol. The summed E-state index contributed by atoms with van der Waals surface area (Å²) in [5, 5.41) is 5.14. The molecule has 0 radical (unpaired) electrons. The van der Waals surface area contributed by atoms with Gasteiger partial charge in [0, 0.05) is 19.5 Å². The summed E-state index contributed by atoms with van der Waals surface area (Å²) >= 11 is 0. The van der Waals surface area contributed by atoms with E-state index in [1.807, 2.05) is 0 Å². The highest BCUT2D eigenvalue weighted by molar-refractivity contribution is 5.77. The minimum atomic E-state index is -2.95. The number of alkyl carbamates (subject to hydrolysis) is 1. The van der Waals surface area contributed by atoms with Crippen LogP contribution in [0.15, 0.2) is 18.2 Å². The molecule has 2 N–H and O–H groups in total. The Hall–Kier alpha value is -2.58. The first-order valence-corrected chi connectivity index (χ1v) is 7.96. The van der Waals surface area contributed by atoms with Gasteiger partial charge in [-0.05, 0) is 38.5 Å². The highest BCUT2D eigenvalue weighted by Gasteiger charge is 2.16. The van der Waals surface area contributed by atoms with E-state index in [0.29, 0.717) is 5.56 Å². The number of rotatable bonds is 8. The molecule has 1 rings (SSSR count). The van der Waals surface area contributed by atoms with Crippen LogP contribution in [-0.4, -0.2) is 37.9 Å². The second kappa shape index (κ2) is 9.79. The van der Waals surface area contributed by atoms with E-state index in [1.54, 1.807) is 26.8 Å². The number of ether oxygens (including phenoxy) is 3. The largest absolute Gasteiger partial charge is 0.493 e. The lowest BCUT2D eigenvalue weighted by Crippen LogP contribution is -2.35. The number of carbonyl (C=O) groups excluding carboxylic acids is 2. The first kappa shape index (κ1) is 21.5. The average molecular weight is 374 g/mol. The summed E-state index contributed by atoms with van der Waals surface area (Å²) in [6.45, 7) is 2.58. The maximum absolute atomic E-state index is 12.3. The molecule has 0 aliphatic carbocycles. The molecule has 26 heavy (non-hydrogen) atoms. The standard InChI is InChI=1S/C17H24F2N2O5/c1-17(2,3)26-16(23)20-8-7-14(22)21-10-11-5-6-12(25-15(18)19)13(9-11)24-4/h5-6,9,15H,7-8,10H2,1-4H3,(H,20,23)(H,21,22). The molecule has 0 bridgehead atoms. The summed E-state index contributed by atoms with van der Waals surface area (Å²) < 4.78 is 38.9. The third kappa shape index (κ3) is 8.50. The third-order valence-electron chi connectivity index (χ3n) is 2.95. The Morgan fingerprint density at radius 1 is 1.15 bits per heavy atom. The minimum Gasteiger partial charge on any atom is -0.493 e. The van der Waals surface area contributed by atoms with Crippen LogP contribution >= 0.6 is 0 Å². The van der Waals surface area contributed by atoms with Crippen LogP contribution in [0, 0.1) is 0 Å². The summed E-state index contributed by atoms with van der Waals surface area (Å²) in [5.74, 6) is -0.226. The van der Waals surface area contributed by atoms with Crippen molar-refractivity contribution in [1.29, 1.82) is 0 Å². The lowest BCUT2D eigenvalue weighted by atomic mass is 10.2. The number of alkyl halides is 2. The predicted octanol–water partition coefficient (Wildman–Crippen LogP) is 2.83. The fourth-order valence-electron chi connectivity index (χ4n) is 1.90. The van der Waals surface area contributed by atoms with Gasteiger partial charge in [0.2, 0.25) is 5.91 Å². The van der Waals surface area contributed by atoms with E-state index in [1.165, 1.54) is 19.2 Å². The van der Waals surface area contributed by atoms with Crippen molar-refractivity contribution < 1.29 is 32.6 Å². The Morgan fingerprint density at radius 2 is 1.85 bits per heavy atom. The fourth-order valence-corrected chi connectivity index (χ4v) is 1.90. The zero-order valence-corrected chi connectivity index (χ0v) is 15.2. The molecule has 0 saturated heterocycles. The van der Waals surface area contributed by atoms with Gasteiger partial charge in [-0.1, -0.05) is 6.07 Å². The van der Waals surface area contributed by atoms with Crippen LogP contribution < -0.4 is 20.1 Å². The summed E-state index contributed by atoms with van der Waals surface area (Å²) in [6.07, 6.45) is -0.521. The Kier molecular flexibility index (Phi) is 8.08. The molecule has 0 heterocycles. The predicted molar refractivity (Wildman–Crippen MR) is 90.3 cm³/mol. The molecule has 7 nitrogen and oxygen atoms in total. The first-order valence-electron chi connectivity index (χ1n) is 7.96. The number of nitrogens with one attached hydrogen (secondary N) is 2. The van der Waals surface area contributed by atoms with Crippen LogP contribution in [0.2, 0.25) is 0 Å². The van der Waals surface area contributed by atoms with E-state index < -0.39 is 18.3 Å². The molecule has 1 aromatic rings. The van der Waals surface area contributed by atoms with Gasteiger partial charge in [-0.2, -0.15) is 8.78 Å². The van der Waals surface area contributed by atoms with Crippen molar-refractivity contribution in [1.82, 2.24) is 10.6 Å². The molecule has 146 valence electrons. The molecular formula is C17H24F2N2O5. The van der Waals surface area contributed by atoms with E-state index in [0.717, 1.165) is 0 Å². The van der Waals surface area contributed by atoms with Crippen LogP contribution in [0.3, 0.4) is 0 Å². The topological polar surface area (TPSA) is 85.9 Å². The molecule has 0 aliphatic rings. The Morgan fingerprint density at radius 3 is 2.42 bits per heavy atom. The molecule has 9 heteroatoms. The van der Waals surface area contributed by atoms with Crippen molar-refractivity contribution >= 4 is 12.0 Å². The van der Waals surface area contributed by atoms with Crippen LogP contribution in [0.1, 0.15) is 32.8 Å². The molecule has 0 saturated carbocycles. The molecule has 0 atom stereocenters. The van der Waals surface area contributed by atoms with Gasteiger partial charge < -0.3 is 24.8 Å². The number of hydrogen-bond acceptors (Lipinski definition) is 5. The van der Waals surface area contributed by atoms with Gasteiger partial charge in [-0.3, -0.25) is 4.79 Å². The van der Waals surface area contributed by atoms with Crippen molar-refractivity contribution in [3.05, 3.63) is 23.8 Å². The minimum absolute atomic E-state index is 0.0724. The zero-order valence-electron chi connectivity index (χ0n) is 15.2. The van der Waals surface area contributed by atoms with Crippen LogP contribution in [0.4, 0.5) is 13.6 Å². The van der Waals surface area contributed by atoms with Gasteiger partial charge in [-0.25, -0.2) is 4.79 Å². The number of benzene rings is 1. The summed E-state index contributed by atoms with van der Waals surface area (Å²) in [6, 6.07) is 4.38. The maximum atomic E-state index is 12.3. The second-order valence-electron chi connectivity index (χ2n) is 6.32. The molecule has 0 aliphatic heterocycles. The maximum Gasteiger partial charge on any atom is 0.407 e. The van der Waals surface area contributed by atoms with Gasteiger partial charge in [0.1, 0.15) is 5.60 Å². The highest BCUT2D eigenvalue weighted by Crippen LogP contribution is 2.29. The molecule has 2 amide bonds. The van der Waals surface area contributed by atoms with Crippen LogP contribution in [0.25, 0.3) is 0 Å². The lowest BCUT2D eigenvalue weighted by Gasteiger charge is -2.19. The molecule has 0 spiro atoms. The van der Waals surface area contributed by atoms with Crippen LogP contribution in [-0.2, 0) is 16.1 Å². The van der Waals surface area contributed by atoms with Crippen molar-refractivity contribution in [2.45, 2.75) is 45.9 Å². The quantitative estimate of drug-likeness (QED) is 0.731. The van der Waals surface area contributed by atoms with Crippen molar-refractivity contribution in [2.75, 3.05) is 13.7 Å². The Balaban J connectivity index is 2.41. The summed E-state index contributed by atoms with van der Waals surface area (Å²) in [5.41, 5.74) is 0.0444. The fraction of sp³-hybridized carbons (Fsp3) is 0.529. The van der Waals surface area contributed by atoms with Crippen molar-refractivity contribution in [2.24, 2.45) is 0 Å². The van der Waals surface area contributed by atoms with Gasteiger partial charge in [-0.15, -0.1) is 0 Å². The smallest absolute Gasteiger partial charge is 0.407 e. The lowest BCUT2D eigenvalue weighted by molar-refractivity contribution is -0.121. The van der Waals surface area contributed by atoms with Gasteiger partial charge >= 0.3 is 12.7 Å². The number of hydrogen-bond donors (Lipinski definition) is 2. The van der Waals surface area contributed by atoms with Gasteiger partial charge in [0.15, 0.2) is 11.5 Å². The molecule has 0 unspecified atom stereocenters. The number of halogens is 2. The summed E-state index contributed by atoms with van der Waals surface area (Å²) in [4.78, 5) is 23.2. The van der Waals surface area contributed by atoms with E-state index in [-0.39, 0.29) is 36.9 Å². The van der Waals surface area contributed by atoms with Gasteiger partial charge in [0.25, 0.3) is 0 Å². The number of methoxy groups -OCH3 is 1. The van der Waals surface area contributed by atoms with Gasteiger partial charge in [0.05, 0.1) is 7.11 Å². The average Bonchev–Trinajstić information content (AvgIpc) is 2.51. The molecule has 0 aromatic heterocycles. The van der Waals surface area contributed by atoms with E-state index in [9.17, 15) is 18.4 Å². The van der Waals surface area contributed by atoms with E-state index >= 15 is 0 Å². The summed E-state index contributed by atoms with van der Waals surface area (Å²) in [7, 11) is 1.33. The number of carbonyl (C=O) groups is 2. The monoisotopic (exact) mass is 374 g/mol. The molecule has 1 aromatic carbocycles. The highest BCUT2D eigenvalue weighted by atomic mass is 19.3. The van der Waals surface area contributed by atoms with E-state index in [4.69, 9.17) is 9.47 Å². The second-order valence-corrected chi connectivity index (χ2v) is 6.32.